The summed E-state index contributed by atoms with van der Waals surface area (Å²) in [4.78, 5) is 13.7. The number of rotatable bonds is 4. The standard InChI is InChI=1S/C11H16ClNOS/c1-11(2,8-12)10(14)13(3)6-9-4-5-15-7-9/h4-5,7H,6,8H2,1-3H3. The fraction of sp³-hybridized carbons (Fsp3) is 0.545. The molecule has 0 aliphatic heterocycles. The van der Waals surface area contributed by atoms with E-state index >= 15 is 0 Å². The van der Waals surface area contributed by atoms with Crippen molar-refractivity contribution in [3.63, 3.8) is 0 Å². The van der Waals surface area contributed by atoms with E-state index in [2.05, 4.69) is 5.38 Å². The molecule has 1 amide bonds. The van der Waals surface area contributed by atoms with Crippen molar-refractivity contribution in [2.75, 3.05) is 12.9 Å². The molecule has 1 aromatic rings. The van der Waals surface area contributed by atoms with Gasteiger partial charge in [-0.2, -0.15) is 11.3 Å². The van der Waals surface area contributed by atoms with Gasteiger partial charge in [0.25, 0.3) is 0 Å². The van der Waals surface area contributed by atoms with Gasteiger partial charge < -0.3 is 4.90 Å². The molecule has 0 unspecified atom stereocenters. The van der Waals surface area contributed by atoms with Crippen molar-refractivity contribution in [2.45, 2.75) is 20.4 Å². The fourth-order valence-electron chi connectivity index (χ4n) is 1.30. The van der Waals surface area contributed by atoms with Crippen LogP contribution in [0.2, 0.25) is 0 Å². The zero-order chi connectivity index (χ0) is 11.5. The minimum Gasteiger partial charge on any atom is -0.341 e. The predicted octanol–water partition coefficient (Wildman–Crippen LogP) is 2.97. The largest absolute Gasteiger partial charge is 0.341 e. The van der Waals surface area contributed by atoms with Crippen molar-refractivity contribution >= 4 is 28.8 Å². The quantitative estimate of drug-likeness (QED) is 0.747. The lowest BCUT2D eigenvalue weighted by Crippen LogP contribution is -2.39. The Morgan fingerprint density at radius 1 is 1.60 bits per heavy atom. The number of thiophene rings is 1. The van der Waals surface area contributed by atoms with Gasteiger partial charge in [-0.3, -0.25) is 4.79 Å². The summed E-state index contributed by atoms with van der Waals surface area (Å²) in [5.74, 6) is 0.434. The van der Waals surface area contributed by atoms with Gasteiger partial charge in [-0.1, -0.05) is 0 Å². The molecule has 0 aliphatic rings. The Hall–Kier alpha value is -0.540. The highest BCUT2D eigenvalue weighted by Crippen LogP contribution is 2.21. The lowest BCUT2D eigenvalue weighted by Gasteiger charge is -2.27. The second-order valence-corrected chi connectivity index (χ2v) is 5.36. The molecule has 2 nitrogen and oxygen atoms in total. The first kappa shape index (κ1) is 12.5. The van der Waals surface area contributed by atoms with E-state index in [9.17, 15) is 4.79 Å². The van der Waals surface area contributed by atoms with E-state index in [1.165, 1.54) is 5.56 Å². The second kappa shape index (κ2) is 4.99. The monoisotopic (exact) mass is 245 g/mol. The van der Waals surface area contributed by atoms with Crippen LogP contribution in [0.1, 0.15) is 19.4 Å². The third kappa shape index (κ3) is 3.21. The molecule has 0 spiro atoms. The van der Waals surface area contributed by atoms with Crippen LogP contribution < -0.4 is 0 Å². The Bertz CT molecular complexity index is 321. The van der Waals surface area contributed by atoms with Gasteiger partial charge in [0.15, 0.2) is 0 Å². The van der Waals surface area contributed by atoms with Crippen LogP contribution in [-0.2, 0) is 11.3 Å². The first-order valence-corrected chi connectivity index (χ1v) is 6.27. The maximum atomic E-state index is 12.0. The summed E-state index contributed by atoms with van der Waals surface area (Å²) in [5.41, 5.74) is 0.688. The summed E-state index contributed by atoms with van der Waals surface area (Å²) in [6.07, 6.45) is 0. The molecule has 0 saturated carbocycles. The van der Waals surface area contributed by atoms with Gasteiger partial charge in [0, 0.05) is 19.5 Å². The molecular formula is C11H16ClNOS. The predicted molar refractivity (Wildman–Crippen MR) is 65.3 cm³/mol. The first-order valence-electron chi connectivity index (χ1n) is 4.80. The van der Waals surface area contributed by atoms with Gasteiger partial charge in [0.2, 0.25) is 5.91 Å². The highest BCUT2D eigenvalue weighted by atomic mass is 35.5. The first-order chi connectivity index (χ1) is 6.97. The van der Waals surface area contributed by atoms with E-state index in [0.29, 0.717) is 12.4 Å². The zero-order valence-electron chi connectivity index (χ0n) is 9.29. The van der Waals surface area contributed by atoms with E-state index in [4.69, 9.17) is 11.6 Å². The highest BCUT2D eigenvalue weighted by molar-refractivity contribution is 7.07. The number of hydrogen-bond donors (Lipinski definition) is 0. The molecule has 1 rings (SSSR count). The van der Waals surface area contributed by atoms with Crippen molar-refractivity contribution in [1.29, 1.82) is 0 Å². The van der Waals surface area contributed by atoms with Crippen LogP contribution in [0.3, 0.4) is 0 Å². The van der Waals surface area contributed by atoms with Crippen molar-refractivity contribution in [1.82, 2.24) is 4.90 Å². The maximum Gasteiger partial charge on any atom is 0.229 e. The molecule has 0 fully saturated rings. The van der Waals surface area contributed by atoms with E-state index in [1.807, 2.05) is 32.3 Å². The molecule has 15 heavy (non-hydrogen) atoms. The Balaban J connectivity index is 2.61. The molecule has 0 aromatic carbocycles. The molecule has 1 heterocycles. The topological polar surface area (TPSA) is 20.3 Å². The number of alkyl halides is 1. The summed E-state index contributed by atoms with van der Waals surface area (Å²) in [6, 6.07) is 2.03. The van der Waals surface area contributed by atoms with Gasteiger partial charge in [-0.05, 0) is 36.2 Å². The van der Waals surface area contributed by atoms with Crippen LogP contribution in [0, 0.1) is 5.41 Å². The van der Waals surface area contributed by atoms with Crippen molar-refractivity contribution in [3.8, 4) is 0 Å². The van der Waals surface area contributed by atoms with Crippen LogP contribution >= 0.6 is 22.9 Å². The summed E-state index contributed by atoms with van der Waals surface area (Å²) >= 11 is 7.41. The summed E-state index contributed by atoms with van der Waals surface area (Å²) in [5, 5.41) is 4.07. The van der Waals surface area contributed by atoms with Crippen molar-refractivity contribution in [3.05, 3.63) is 22.4 Å². The van der Waals surface area contributed by atoms with Crippen LogP contribution in [0.5, 0.6) is 0 Å². The molecule has 0 N–H and O–H groups in total. The van der Waals surface area contributed by atoms with E-state index in [1.54, 1.807) is 16.2 Å². The molecule has 0 aliphatic carbocycles. The number of carbonyl (C=O) groups is 1. The summed E-state index contributed by atoms with van der Waals surface area (Å²) in [6.45, 7) is 4.39. The highest BCUT2D eigenvalue weighted by Gasteiger charge is 2.29. The Labute approximate surface area is 99.9 Å². The van der Waals surface area contributed by atoms with Crippen LogP contribution in [0.4, 0.5) is 0 Å². The third-order valence-electron chi connectivity index (χ3n) is 2.26. The Kier molecular flexibility index (Phi) is 4.17. The van der Waals surface area contributed by atoms with Crippen LogP contribution in [0.25, 0.3) is 0 Å². The van der Waals surface area contributed by atoms with E-state index < -0.39 is 5.41 Å². The van der Waals surface area contributed by atoms with Crippen LogP contribution in [0.15, 0.2) is 16.8 Å². The molecule has 1 aromatic heterocycles. The SMILES string of the molecule is CN(Cc1ccsc1)C(=O)C(C)(C)CCl. The van der Waals surface area contributed by atoms with Crippen molar-refractivity contribution < 1.29 is 4.79 Å². The van der Waals surface area contributed by atoms with Gasteiger partial charge >= 0.3 is 0 Å². The van der Waals surface area contributed by atoms with Crippen LogP contribution in [-0.4, -0.2) is 23.7 Å². The number of halogens is 1. The smallest absolute Gasteiger partial charge is 0.229 e. The van der Waals surface area contributed by atoms with Crippen molar-refractivity contribution in [2.24, 2.45) is 5.41 Å². The lowest BCUT2D eigenvalue weighted by molar-refractivity contribution is -0.138. The second-order valence-electron chi connectivity index (χ2n) is 4.31. The summed E-state index contributed by atoms with van der Waals surface area (Å²) in [7, 11) is 1.81. The number of amides is 1. The average molecular weight is 246 g/mol. The lowest BCUT2D eigenvalue weighted by atomic mass is 9.94. The normalized spacial score (nSPS) is 11.5. The Morgan fingerprint density at radius 3 is 2.73 bits per heavy atom. The fourth-order valence-corrected chi connectivity index (χ4v) is 2.08. The van der Waals surface area contributed by atoms with Gasteiger partial charge in [-0.15, -0.1) is 11.6 Å². The molecule has 0 radical (unpaired) electrons. The zero-order valence-corrected chi connectivity index (χ0v) is 10.9. The average Bonchev–Trinajstić information content (AvgIpc) is 2.69. The molecule has 84 valence electrons. The number of carbonyl (C=O) groups excluding carboxylic acids is 1. The molecule has 0 bridgehead atoms. The third-order valence-corrected chi connectivity index (χ3v) is 3.66. The van der Waals surface area contributed by atoms with Gasteiger partial charge in [-0.25, -0.2) is 0 Å². The maximum absolute atomic E-state index is 12.0. The van der Waals surface area contributed by atoms with E-state index in [-0.39, 0.29) is 5.91 Å². The Morgan fingerprint density at radius 2 is 2.27 bits per heavy atom. The molecule has 4 heteroatoms. The van der Waals surface area contributed by atoms with Gasteiger partial charge in [0.05, 0.1) is 5.41 Å². The number of hydrogen-bond acceptors (Lipinski definition) is 2. The van der Waals surface area contributed by atoms with Gasteiger partial charge in [0.1, 0.15) is 0 Å². The molecule has 0 saturated heterocycles. The minimum absolute atomic E-state index is 0.0868. The number of nitrogens with zero attached hydrogens (tertiary/aromatic N) is 1. The molecule has 0 atom stereocenters. The molecular weight excluding hydrogens is 230 g/mol. The summed E-state index contributed by atoms with van der Waals surface area (Å²) < 4.78 is 0. The van der Waals surface area contributed by atoms with E-state index in [0.717, 1.165) is 0 Å². The minimum atomic E-state index is -0.480.